The maximum atomic E-state index is 13.5. The summed E-state index contributed by atoms with van der Waals surface area (Å²) in [6.07, 6.45) is 4.50. The SMILES string of the molecule is CCCNC(=O)C1CC(O)CN1C(=O)C(n1cc(C2CC2)nn1)C(C)(C)C. The highest BCUT2D eigenvalue weighted by atomic mass is 16.3. The Morgan fingerprint density at radius 2 is 2.07 bits per heavy atom. The fraction of sp³-hybridized carbons (Fsp3) is 0.789. The van der Waals surface area contributed by atoms with Crippen LogP contribution in [0.3, 0.4) is 0 Å². The Bertz CT molecular complexity index is 692. The van der Waals surface area contributed by atoms with Gasteiger partial charge in [-0.3, -0.25) is 9.59 Å². The Balaban J connectivity index is 1.84. The van der Waals surface area contributed by atoms with E-state index in [2.05, 4.69) is 15.6 Å². The molecule has 3 unspecified atom stereocenters. The summed E-state index contributed by atoms with van der Waals surface area (Å²) < 4.78 is 1.64. The van der Waals surface area contributed by atoms with Crippen molar-refractivity contribution in [3.05, 3.63) is 11.9 Å². The fourth-order valence-corrected chi connectivity index (χ4v) is 3.69. The van der Waals surface area contributed by atoms with Crippen LogP contribution in [0.2, 0.25) is 0 Å². The van der Waals surface area contributed by atoms with E-state index in [1.807, 2.05) is 33.9 Å². The lowest BCUT2D eigenvalue weighted by Crippen LogP contribution is -2.50. The molecule has 0 radical (unpaired) electrons. The summed E-state index contributed by atoms with van der Waals surface area (Å²) in [5, 5.41) is 21.4. The van der Waals surface area contributed by atoms with E-state index in [0.717, 1.165) is 25.0 Å². The number of hydrogen-bond donors (Lipinski definition) is 2. The number of nitrogens with zero attached hydrogens (tertiary/aromatic N) is 4. The smallest absolute Gasteiger partial charge is 0.248 e. The van der Waals surface area contributed by atoms with Crippen molar-refractivity contribution in [3.63, 3.8) is 0 Å². The van der Waals surface area contributed by atoms with Gasteiger partial charge in [0.2, 0.25) is 11.8 Å². The number of hydrogen-bond acceptors (Lipinski definition) is 5. The van der Waals surface area contributed by atoms with E-state index in [-0.39, 0.29) is 24.8 Å². The van der Waals surface area contributed by atoms with Gasteiger partial charge in [-0.25, -0.2) is 4.68 Å². The zero-order valence-corrected chi connectivity index (χ0v) is 16.7. The molecule has 0 bridgehead atoms. The number of nitrogens with one attached hydrogen (secondary N) is 1. The van der Waals surface area contributed by atoms with Gasteiger partial charge in [0.1, 0.15) is 12.1 Å². The number of amides is 2. The molecule has 2 aliphatic rings. The first kappa shape index (κ1) is 19.8. The van der Waals surface area contributed by atoms with Crippen LogP contribution in [-0.2, 0) is 9.59 Å². The molecule has 3 rings (SSSR count). The highest BCUT2D eigenvalue weighted by molar-refractivity contribution is 5.90. The van der Waals surface area contributed by atoms with Crippen LogP contribution in [0, 0.1) is 5.41 Å². The summed E-state index contributed by atoms with van der Waals surface area (Å²) in [6.45, 7) is 8.64. The lowest BCUT2D eigenvalue weighted by atomic mass is 9.85. The first-order valence-electron chi connectivity index (χ1n) is 9.90. The molecule has 150 valence electrons. The zero-order valence-electron chi connectivity index (χ0n) is 16.7. The van der Waals surface area contributed by atoms with Crippen LogP contribution in [0.25, 0.3) is 0 Å². The van der Waals surface area contributed by atoms with Crippen molar-refractivity contribution in [2.24, 2.45) is 5.41 Å². The third-order valence-electron chi connectivity index (χ3n) is 5.26. The summed E-state index contributed by atoms with van der Waals surface area (Å²) >= 11 is 0. The molecule has 8 heteroatoms. The van der Waals surface area contributed by atoms with Crippen molar-refractivity contribution in [2.45, 2.75) is 77.5 Å². The maximum Gasteiger partial charge on any atom is 0.248 e. The van der Waals surface area contributed by atoms with Crippen molar-refractivity contribution in [3.8, 4) is 0 Å². The lowest BCUT2D eigenvalue weighted by Gasteiger charge is -2.34. The van der Waals surface area contributed by atoms with E-state index in [0.29, 0.717) is 12.5 Å². The number of aliphatic hydroxyl groups is 1. The molecule has 1 saturated heterocycles. The summed E-state index contributed by atoms with van der Waals surface area (Å²) in [4.78, 5) is 27.5. The monoisotopic (exact) mass is 377 g/mol. The van der Waals surface area contributed by atoms with Crippen molar-refractivity contribution >= 4 is 11.8 Å². The number of carbonyl (C=O) groups excluding carboxylic acids is 2. The summed E-state index contributed by atoms with van der Waals surface area (Å²) in [7, 11) is 0. The van der Waals surface area contributed by atoms with Gasteiger partial charge in [0.15, 0.2) is 0 Å². The predicted molar refractivity (Wildman–Crippen MR) is 99.9 cm³/mol. The van der Waals surface area contributed by atoms with Crippen LogP contribution >= 0.6 is 0 Å². The third kappa shape index (κ3) is 4.31. The highest BCUT2D eigenvalue weighted by Gasteiger charge is 2.45. The van der Waals surface area contributed by atoms with E-state index in [1.54, 1.807) is 4.68 Å². The first-order valence-corrected chi connectivity index (χ1v) is 9.90. The molecular weight excluding hydrogens is 346 g/mol. The molecule has 0 aromatic carbocycles. The van der Waals surface area contributed by atoms with E-state index < -0.39 is 23.6 Å². The third-order valence-corrected chi connectivity index (χ3v) is 5.26. The standard InChI is InChI=1S/C19H31N5O3/c1-5-8-20-17(26)15-9-13(25)10-23(15)18(27)16(19(2,3)4)24-11-14(21-22-24)12-6-7-12/h11-13,15-16,25H,5-10H2,1-4H3,(H,20,26). The van der Waals surface area contributed by atoms with Gasteiger partial charge in [0.25, 0.3) is 0 Å². The number of carbonyl (C=O) groups is 2. The van der Waals surface area contributed by atoms with Gasteiger partial charge in [0.05, 0.1) is 11.8 Å². The van der Waals surface area contributed by atoms with Crippen LogP contribution in [0.5, 0.6) is 0 Å². The summed E-state index contributed by atoms with van der Waals surface area (Å²) in [6, 6.07) is -1.22. The van der Waals surface area contributed by atoms with Crippen molar-refractivity contribution in [1.82, 2.24) is 25.2 Å². The number of aromatic nitrogens is 3. The Hall–Kier alpha value is -1.96. The zero-order chi connectivity index (χ0) is 19.8. The molecule has 8 nitrogen and oxygen atoms in total. The predicted octanol–water partition coefficient (Wildman–Crippen LogP) is 1.23. The molecule has 0 spiro atoms. The summed E-state index contributed by atoms with van der Waals surface area (Å²) in [5.74, 6) is 0.0604. The molecule has 2 fully saturated rings. The van der Waals surface area contributed by atoms with Crippen molar-refractivity contribution in [2.75, 3.05) is 13.1 Å². The maximum absolute atomic E-state index is 13.5. The first-order chi connectivity index (χ1) is 12.7. The second-order valence-corrected chi connectivity index (χ2v) is 8.85. The van der Waals surface area contributed by atoms with Gasteiger partial charge in [0, 0.05) is 31.6 Å². The molecule has 2 N–H and O–H groups in total. The van der Waals surface area contributed by atoms with Crippen LogP contribution in [-0.4, -0.2) is 62.0 Å². The summed E-state index contributed by atoms with van der Waals surface area (Å²) in [5.41, 5.74) is 0.514. The van der Waals surface area contributed by atoms with Crippen molar-refractivity contribution in [1.29, 1.82) is 0 Å². The van der Waals surface area contributed by atoms with Crippen LogP contribution < -0.4 is 5.32 Å². The average molecular weight is 377 g/mol. The minimum Gasteiger partial charge on any atom is -0.391 e. The largest absolute Gasteiger partial charge is 0.391 e. The van der Waals surface area contributed by atoms with E-state index in [1.165, 1.54) is 4.90 Å². The number of rotatable bonds is 6. The molecule has 1 aromatic heterocycles. The normalized spacial score (nSPS) is 24.1. The van der Waals surface area contributed by atoms with Gasteiger partial charge in [-0.1, -0.05) is 32.9 Å². The molecule has 1 aliphatic carbocycles. The quantitative estimate of drug-likeness (QED) is 0.777. The minimum absolute atomic E-state index is 0.166. The Morgan fingerprint density at radius 3 is 2.67 bits per heavy atom. The molecule has 3 atom stereocenters. The number of β-amino-alcohol motifs (C(OH)–C–C–N with tert-alkyl or cyclic N) is 1. The van der Waals surface area contributed by atoms with Crippen LogP contribution in [0.4, 0.5) is 0 Å². The van der Waals surface area contributed by atoms with E-state index in [4.69, 9.17) is 0 Å². The molecular formula is C19H31N5O3. The minimum atomic E-state index is -0.690. The van der Waals surface area contributed by atoms with Gasteiger partial charge >= 0.3 is 0 Å². The Labute approximate surface area is 160 Å². The fourth-order valence-electron chi connectivity index (χ4n) is 3.69. The van der Waals surface area contributed by atoms with Crippen molar-refractivity contribution < 1.29 is 14.7 Å². The molecule has 1 aliphatic heterocycles. The number of likely N-dealkylation sites (tertiary alicyclic amines) is 1. The highest BCUT2D eigenvalue weighted by Crippen LogP contribution is 2.40. The van der Waals surface area contributed by atoms with Gasteiger partial charge < -0.3 is 15.3 Å². The second-order valence-electron chi connectivity index (χ2n) is 8.85. The Morgan fingerprint density at radius 1 is 1.37 bits per heavy atom. The molecule has 2 heterocycles. The molecule has 27 heavy (non-hydrogen) atoms. The Kier molecular flexibility index (Phi) is 5.55. The van der Waals surface area contributed by atoms with Crippen LogP contribution in [0.1, 0.15) is 71.0 Å². The molecule has 1 aromatic rings. The molecule has 1 saturated carbocycles. The molecule has 2 amide bonds. The second kappa shape index (κ2) is 7.58. The topological polar surface area (TPSA) is 100 Å². The van der Waals surface area contributed by atoms with Gasteiger partial charge in [-0.15, -0.1) is 5.10 Å². The van der Waals surface area contributed by atoms with E-state index in [9.17, 15) is 14.7 Å². The average Bonchev–Trinajstić information content (AvgIpc) is 3.20. The van der Waals surface area contributed by atoms with Gasteiger partial charge in [-0.05, 0) is 24.7 Å². The number of aliphatic hydroxyl groups excluding tert-OH is 1. The lowest BCUT2D eigenvalue weighted by molar-refractivity contribution is -0.144. The van der Waals surface area contributed by atoms with E-state index >= 15 is 0 Å². The van der Waals surface area contributed by atoms with Crippen LogP contribution in [0.15, 0.2) is 6.20 Å². The van der Waals surface area contributed by atoms with Gasteiger partial charge in [-0.2, -0.15) is 0 Å².